The maximum Gasteiger partial charge on any atom is 0.240 e. The van der Waals surface area contributed by atoms with Gasteiger partial charge in [0, 0.05) is 22.7 Å². The van der Waals surface area contributed by atoms with Crippen molar-refractivity contribution in [3.05, 3.63) is 21.4 Å². The number of aryl methyl sites for hydroxylation is 2. The van der Waals surface area contributed by atoms with Gasteiger partial charge < -0.3 is 10.2 Å². The summed E-state index contributed by atoms with van der Waals surface area (Å²) in [5, 5.41) is 2.99. The maximum absolute atomic E-state index is 12.1. The minimum atomic E-state index is -0.0731. The van der Waals surface area contributed by atoms with Crippen molar-refractivity contribution in [1.82, 2.24) is 10.2 Å². The zero-order valence-electron chi connectivity index (χ0n) is 12.4. The van der Waals surface area contributed by atoms with E-state index >= 15 is 0 Å². The van der Waals surface area contributed by atoms with Crippen molar-refractivity contribution in [2.24, 2.45) is 0 Å². The zero-order chi connectivity index (χ0) is 14.7. The zero-order valence-corrected chi connectivity index (χ0v) is 13.2. The molecule has 110 valence electrons. The van der Waals surface area contributed by atoms with Gasteiger partial charge >= 0.3 is 0 Å². The molecule has 0 aromatic carbocycles. The van der Waals surface area contributed by atoms with E-state index < -0.39 is 0 Å². The Bertz CT molecular complexity index is 510. The molecule has 1 aliphatic rings. The van der Waals surface area contributed by atoms with E-state index in [9.17, 15) is 9.59 Å². The number of nitrogens with one attached hydrogen (secondary N) is 1. The maximum atomic E-state index is 12.1. The third-order valence-electron chi connectivity index (χ3n) is 3.68. The smallest absolute Gasteiger partial charge is 0.240 e. The van der Waals surface area contributed by atoms with Gasteiger partial charge in [-0.25, -0.2) is 0 Å². The first-order valence-corrected chi connectivity index (χ1v) is 7.93. The van der Waals surface area contributed by atoms with E-state index in [0.29, 0.717) is 13.0 Å². The molecule has 1 aliphatic heterocycles. The summed E-state index contributed by atoms with van der Waals surface area (Å²) < 4.78 is 0. The van der Waals surface area contributed by atoms with Crippen LogP contribution in [0.1, 0.15) is 47.5 Å². The van der Waals surface area contributed by atoms with E-state index in [1.165, 1.54) is 15.3 Å². The lowest BCUT2D eigenvalue weighted by Crippen LogP contribution is -2.43. The summed E-state index contributed by atoms with van der Waals surface area (Å²) in [4.78, 5) is 27.9. The number of carbonyl (C=O) groups is 2. The summed E-state index contributed by atoms with van der Waals surface area (Å²) in [6.07, 6.45) is 2.52. The van der Waals surface area contributed by atoms with Gasteiger partial charge in [0.25, 0.3) is 0 Å². The van der Waals surface area contributed by atoms with Gasteiger partial charge in [0.05, 0.1) is 12.6 Å². The van der Waals surface area contributed by atoms with Gasteiger partial charge in [-0.3, -0.25) is 9.59 Å². The van der Waals surface area contributed by atoms with Gasteiger partial charge in [-0.05, 0) is 45.2 Å². The normalized spacial score (nSPS) is 17.1. The lowest BCUT2D eigenvalue weighted by molar-refractivity contribution is -0.138. The number of amides is 2. The first-order valence-electron chi connectivity index (χ1n) is 7.11. The van der Waals surface area contributed by atoms with Gasteiger partial charge in [-0.15, -0.1) is 11.3 Å². The molecule has 1 atom stereocenters. The number of nitrogens with zero attached hydrogens (tertiary/aromatic N) is 1. The van der Waals surface area contributed by atoms with Crippen LogP contribution in [0.5, 0.6) is 0 Å². The summed E-state index contributed by atoms with van der Waals surface area (Å²) in [5.41, 5.74) is 1.17. The molecule has 1 saturated heterocycles. The standard InChI is InChI=1S/C15H22N2O2S/c1-10-8-13(12(3)20-10)11(2)16-14(18)9-17-7-5-4-6-15(17)19/h8,11H,4-7,9H2,1-3H3,(H,16,18). The molecule has 4 nitrogen and oxygen atoms in total. The molecule has 0 bridgehead atoms. The Balaban J connectivity index is 1.90. The average Bonchev–Trinajstić information content (AvgIpc) is 2.71. The van der Waals surface area contributed by atoms with Gasteiger partial charge in [-0.2, -0.15) is 0 Å². The molecule has 0 saturated carbocycles. The van der Waals surface area contributed by atoms with Crippen molar-refractivity contribution in [1.29, 1.82) is 0 Å². The third kappa shape index (κ3) is 3.60. The molecule has 1 fully saturated rings. The number of likely N-dealkylation sites (tertiary alicyclic amines) is 1. The average molecular weight is 294 g/mol. The molecular formula is C15H22N2O2S. The third-order valence-corrected chi connectivity index (χ3v) is 4.66. The van der Waals surface area contributed by atoms with E-state index in [4.69, 9.17) is 0 Å². The van der Waals surface area contributed by atoms with Gasteiger partial charge in [0.1, 0.15) is 0 Å². The van der Waals surface area contributed by atoms with Crippen molar-refractivity contribution in [2.45, 2.75) is 46.1 Å². The van der Waals surface area contributed by atoms with Crippen molar-refractivity contribution < 1.29 is 9.59 Å². The van der Waals surface area contributed by atoms with Crippen LogP contribution in [0.25, 0.3) is 0 Å². The molecular weight excluding hydrogens is 272 g/mol. The van der Waals surface area contributed by atoms with E-state index in [1.807, 2.05) is 6.92 Å². The predicted octanol–water partition coefficient (Wildman–Crippen LogP) is 2.55. The molecule has 0 radical (unpaired) electrons. The Morgan fingerprint density at radius 3 is 2.80 bits per heavy atom. The fourth-order valence-corrected chi connectivity index (χ4v) is 3.67. The minimum absolute atomic E-state index is 0.00709. The molecule has 0 aliphatic carbocycles. The van der Waals surface area contributed by atoms with Crippen LogP contribution in [-0.2, 0) is 9.59 Å². The van der Waals surface area contributed by atoms with Crippen molar-refractivity contribution in [3.63, 3.8) is 0 Å². The quantitative estimate of drug-likeness (QED) is 0.928. The fourth-order valence-electron chi connectivity index (χ4n) is 2.65. The number of hydrogen-bond acceptors (Lipinski definition) is 3. The molecule has 2 heterocycles. The van der Waals surface area contributed by atoms with Crippen LogP contribution < -0.4 is 5.32 Å². The van der Waals surface area contributed by atoms with Gasteiger partial charge in [0.2, 0.25) is 11.8 Å². The molecule has 0 spiro atoms. The Hall–Kier alpha value is -1.36. The number of piperidine rings is 1. The highest BCUT2D eigenvalue weighted by atomic mass is 32.1. The Morgan fingerprint density at radius 2 is 2.20 bits per heavy atom. The van der Waals surface area contributed by atoms with Crippen molar-refractivity contribution in [3.8, 4) is 0 Å². The minimum Gasteiger partial charge on any atom is -0.348 e. The predicted molar refractivity (Wildman–Crippen MR) is 80.8 cm³/mol. The Morgan fingerprint density at radius 1 is 1.45 bits per heavy atom. The molecule has 1 aromatic heterocycles. The second kappa shape index (κ2) is 6.39. The fraction of sp³-hybridized carbons (Fsp3) is 0.600. The van der Waals surface area contributed by atoms with Crippen LogP contribution in [-0.4, -0.2) is 29.8 Å². The van der Waals surface area contributed by atoms with E-state index in [-0.39, 0.29) is 24.4 Å². The summed E-state index contributed by atoms with van der Waals surface area (Å²) in [6.45, 7) is 7.03. The second-order valence-corrected chi connectivity index (χ2v) is 6.89. The lowest BCUT2D eigenvalue weighted by Gasteiger charge is -2.26. The molecule has 2 amide bonds. The van der Waals surface area contributed by atoms with Crippen molar-refractivity contribution >= 4 is 23.2 Å². The number of carbonyl (C=O) groups excluding carboxylic acids is 2. The first kappa shape index (κ1) is 15.0. The molecule has 2 rings (SSSR count). The van der Waals surface area contributed by atoms with Crippen LogP contribution in [0, 0.1) is 13.8 Å². The van der Waals surface area contributed by atoms with Crippen LogP contribution in [0.2, 0.25) is 0 Å². The molecule has 20 heavy (non-hydrogen) atoms. The van der Waals surface area contributed by atoms with Crippen molar-refractivity contribution in [2.75, 3.05) is 13.1 Å². The topological polar surface area (TPSA) is 49.4 Å². The van der Waals surface area contributed by atoms with Gasteiger partial charge in [0.15, 0.2) is 0 Å². The van der Waals surface area contributed by atoms with E-state index in [0.717, 1.165) is 12.8 Å². The second-order valence-electron chi connectivity index (χ2n) is 5.43. The Kier molecular flexibility index (Phi) is 4.81. The summed E-state index contributed by atoms with van der Waals surface area (Å²) in [5.74, 6) is 0.0256. The highest BCUT2D eigenvalue weighted by Gasteiger charge is 2.21. The molecule has 5 heteroatoms. The SMILES string of the molecule is Cc1cc(C(C)NC(=O)CN2CCCCC2=O)c(C)s1. The van der Waals surface area contributed by atoms with Crippen LogP contribution in [0.3, 0.4) is 0 Å². The lowest BCUT2D eigenvalue weighted by atomic mass is 10.1. The first-order chi connectivity index (χ1) is 9.47. The molecule has 1 unspecified atom stereocenters. The number of hydrogen-bond donors (Lipinski definition) is 1. The number of rotatable bonds is 4. The molecule has 1 N–H and O–H groups in total. The molecule has 1 aromatic rings. The summed E-state index contributed by atoms with van der Waals surface area (Å²) >= 11 is 1.74. The Labute approximate surface area is 124 Å². The number of thiophene rings is 1. The van der Waals surface area contributed by atoms with Gasteiger partial charge in [-0.1, -0.05) is 0 Å². The highest BCUT2D eigenvalue weighted by molar-refractivity contribution is 7.12. The monoisotopic (exact) mass is 294 g/mol. The summed E-state index contributed by atoms with van der Waals surface area (Å²) in [7, 11) is 0. The van der Waals surface area contributed by atoms with E-state index in [2.05, 4.69) is 25.2 Å². The summed E-state index contributed by atoms with van der Waals surface area (Å²) in [6, 6.07) is 2.11. The largest absolute Gasteiger partial charge is 0.348 e. The van der Waals surface area contributed by atoms with E-state index in [1.54, 1.807) is 16.2 Å². The van der Waals surface area contributed by atoms with Crippen LogP contribution in [0.15, 0.2) is 6.07 Å². The van der Waals surface area contributed by atoms with Crippen LogP contribution in [0.4, 0.5) is 0 Å². The van der Waals surface area contributed by atoms with Crippen LogP contribution >= 0.6 is 11.3 Å². The highest BCUT2D eigenvalue weighted by Crippen LogP contribution is 2.26.